The number of anilines is 1. The number of urea groups is 1. The van der Waals surface area contributed by atoms with Crippen LogP contribution in [0.25, 0.3) is 0 Å². The van der Waals surface area contributed by atoms with E-state index >= 15 is 0 Å². The third kappa shape index (κ3) is 4.29. The molecule has 0 spiro atoms. The predicted octanol–water partition coefficient (Wildman–Crippen LogP) is 4.23. The number of thioether (sulfide) groups is 1. The third-order valence-corrected chi connectivity index (χ3v) is 6.84. The number of aromatic nitrogens is 1. The van der Waals surface area contributed by atoms with Crippen LogP contribution in [0.5, 0.6) is 11.5 Å². The van der Waals surface area contributed by atoms with E-state index in [-0.39, 0.29) is 17.8 Å². The molecule has 1 unspecified atom stereocenters. The summed E-state index contributed by atoms with van der Waals surface area (Å²) in [5, 5.41) is 9.17. The first kappa shape index (κ1) is 19.4. The fourth-order valence-electron chi connectivity index (χ4n) is 3.68. The second kappa shape index (κ2) is 8.28. The molecule has 0 saturated heterocycles. The zero-order chi connectivity index (χ0) is 20.5. The monoisotopic (exact) mass is 426 g/mol. The van der Waals surface area contributed by atoms with Gasteiger partial charge in [0.15, 0.2) is 11.6 Å². The summed E-state index contributed by atoms with van der Waals surface area (Å²) >= 11 is 1.75. The van der Waals surface area contributed by atoms with Gasteiger partial charge in [-0.05, 0) is 37.9 Å². The number of nitrogens with one attached hydrogen (secondary N) is 3. The summed E-state index contributed by atoms with van der Waals surface area (Å²) in [6.45, 7) is 1.91. The molecular weight excluding hydrogens is 403 g/mol. The quantitative estimate of drug-likeness (QED) is 0.624. The van der Waals surface area contributed by atoms with E-state index in [2.05, 4.69) is 27.0 Å². The number of pyridine rings is 1. The molecule has 1 aromatic carbocycles. The van der Waals surface area contributed by atoms with Gasteiger partial charge in [-0.3, -0.25) is 4.98 Å². The van der Waals surface area contributed by atoms with Crippen LogP contribution < -0.4 is 20.7 Å². The smallest absolute Gasteiger partial charge is 0.319 e. The number of carbonyl (C=O) groups excluding carboxylic acids is 1. The highest BCUT2D eigenvalue weighted by molar-refractivity contribution is 8.00. The molecule has 1 aromatic heterocycles. The molecule has 156 valence electrons. The highest BCUT2D eigenvalue weighted by atomic mass is 32.2. The molecule has 3 heterocycles. The Morgan fingerprint density at radius 1 is 1.27 bits per heavy atom. The van der Waals surface area contributed by atoms with Gasteiger partial charge in [0.25, 0.3) is 0 Å². The first-order valence-electron chi connectivity index (χ1n) is 10.2. The van der Waals surface area contributed by atoms with Crippen molar-refractivity contribution >= 4 is 23.5 Å². The van der Waals surface area contributed by atoms with Gasteiger partial charge in [0.05, 0.1) is 10.6 Å². The lowest BCUT2D eigenvalue weighted by Gasteiger charge is -2.18. The maximum atomic E-state index is 14.6. The average molecular weight is 427 g/mol. The van der Waals surface area contributed by atoms with Gasteiger partial charge < -0.3 is 20.7 Å². The van der Waals surface area contributed by atoms with E-state index in [1.54, 1.807) is 36.2 Å². The molecule has 0 bridgehead atoms. The summed E-state index contributed by atoms with van der Waals surface area (Å²) in [7, 11) is 0. The van der Waals surface area contributed by atoms with E-state index in [1.165, 1.54) is 11.6 Å². The summed E-state index contributed by atoms with van der Waals surface area (Å²) in [4.78, 5) is 17.3. The lowest BCUT2D eigenvalue weighted by atomic mass is 10.0. The van der Waals surface area contributed by atoms with Gasteiger partial charge in [0.2, 0.25) is 0 Å². The molecule has 0 radical (unpaired) electrons. The number of carbonyl (C=O) groups is 1. The van der Waals surface area contributed by atoms with Crippen LogP contribution >= 0.6 is 11.8 Å². The molecule has 1 saturated carbocycles. The van der Waals surface area contributed by atoms with E-state index in [1.807, 2.05) is 0 Å². The van der Waals surface area contributed by atoms with Crippen molar-refractivity contribution < 1.29 is 13.9 Å². The maximum absolute atomic E-state index is 14.6. The van der Waals surface area contributed by atoms with Crippen LogP contribution in [-0.2, 0) is 6.42 Å². The number of ether oxygens (including phenoxy) is 1. The minimum Gasteiger partial charge on any atom is -0.453 e. The van der Waals surface area contributed by atoms with Crippen molar-refractivity contribution in [1.29, 1.82) is 0 Å². The van der Waals surface area contributed by atoms with Crippen LogP contribution in [0.2, 0.25) is 0 Å². The molecule has 3 N–H and O–H groups in total. The average Bonchev–Trinajstić information content (AvgIpc) is 3.44. The van der Waals surface area contributed by atoms with Gasteiger partial charge in [0, 0.05) is 48.3 Å². The number of halogens is 1. The lowest BCUT2D eigenvalue weighted by Crippen LogP contribution is -2.30. The number of nitrogens with zero attached hydrogens (tertiary/aromatic N) is 1. The van der Waals surface area contributed by atoms with Crippen LogP contribution in [0.4, 0.5) is 14.9 Å². The van der Waals surface area contributed by atoms with Crippen LogP contribution in [0.3, 0.4) is 0 Å². The SMILES string of the molecule is O=C(Nc1ccc(Oc2ccnc3c2SC(C2=CCNCC2)C3)c(F)c1)NC1CC1. The molecule has 1 atom stereocenters. The molecule has 8 heteroatoms. The molecule has 1 fully saturated rings. The molecule has 1 aliphatic carbocycles. The van der Waals surface area contributed by atoms with Crippen molar-refractivity contribution in [2.24, 2.45) is 0 Å². The van der Waals surface area contributed by atoms with Gasteiger partial charge in [-0.1, -0.05) is 11.6 Å². The Morgan fingerprint density at radius 3 is 2.93 bits per heavy atom. The molecule has 2 aliphatic heterocycles. The Labute approximate surface area is 178 Å². The molecule has 3 aliphatic rings. The molecule has 2 amide bonds. The highest BCUT2D eigenvalue weighted by Crippen LogP contribution is 2.46. The molecule has 2 aromatic rings. The minimum atomic E-state index is -0.523. The second-order valence-corrected chi connectivity index (χ2v) is 8.96. The Hall–Kier alpha value is -2.58. The Bertz CT molecular complexity index is 1010. The molecule has 30 heavy (non-hydrogen) atoms. The van der Waals surface area contributed by atoms with Gasteiger partial charge in [-0.15, -0.1) is 11.8 Å². The third-order valence-electron chi connectivity index (χ3n) is 5.42. The van der Waals surface area contributed by atoms with Crippen molar-refractivity contribution in [3.8, 4) is 11.5 Å². The largest absolute Gasteiger partial charge is 0.453 e. The predicted molar refractivity (Wildman–Crippen MR) is 115 cm³/mol. The lowest BCUT2D eigenvalue weighted by molar-refractivity contribution is 0.251. The summed E-state index contributed by atoms with van der Waals surface area (Å²) in [5.41, 5.74) is 2.83. The van der Waals surface area contributed by atoms with Crippen LogP contribution in [-0.4, -0.2) is 35.4 Å². The second-order valence-electron chi connectivity index (χ2n) is 7.75. The summed E-state index contributed by atoms with van der Waals surface area (Å²) in [5.74, 6) is 0.222. The summed E-state index contributed by atoms with van der Waals surface area (Å²) in [6.07, 6.45) is 7.88. The van der Waals surface area contributed by atoms with Crippen LogP contribution in [0, 0.1) is 5.82 Å². The minimum absolute atomic E-state index is 0.127. The fraction of sp³-hybridized carbons (Fsp3) is 0.364. The topological polar surface area (TPSA) is 75.3 Å². The van der Waals surface area contributed by atoms with Gasteiger partial charge in [-0.2, -0.15) is 0 Å². The highest BCUT2D eigenvalue weighted by Gasteiger charge is 2.30. The van der Waals surface area contributed by atoms with Crippen molar-refractivity contribution in [2.45, 2.75) is 41.9 Å². The van der Waals surface area contributed by atoms with Crippen molar-refractivity contribution in [2.75, 3.05) is 18.4 Å². The molecule has 6 nitrogen and oxygen atoms in total. The number of hydrogen-bond acceptors (Lipinski definition) is 5. The Morgan fingerprint density at radius 2 is 2.17 bits per heavy atom. The summed E-state index contributed by atoms with van der Waals surface area (Å²) < 4.78 is 20.6. The van der Waals surface area contributed by atoms with Crippen LogP contribution in [0.1, 0.15) is 25.0 Å². The number of hydrogen-bond donors (Lipinski definition) is 3. The van der Waals surface area contributed by atoms with E-state index in [0.717, 1.165) is 49.4 Å². The standard InChI is InChI=1S/C22H23FN4O2S/c23-16-11-15(27-22(28)26-14-1-2-14)3-4-18(16)29-19-7-10-25-17-12-20(30-21(17)19)13-5-8-24-9-6-13/h3-5,7,10-11,14,20,24H,1-2,6,8-9,12H2,(H2,26,27,28). The van der Waals surface area contributed by atoms with Crippen LogP contribution in [0.15, 0.2) is 47.0 Å². The van der Waals surface area contributed by atoms with Gasteiger partial charge >= 0.3 is 6.03 Å². The normalized spacial score (nSPS) is 20.3. The number of fused-ring (bicyclic) bond motifs is 1. The fourth-order valence-corrected chi connectivity index (χ4v) is 5.07. The Balaban J connectivity index is 1.29. The van der Waals surface area contributed by atoms with Gasteiger partial charge in [0.1, 0.15) is 5.75 Å². The zero-order valence-electron chi connectivity index (χ0n) is 16.4. The van der Waals surface area contributed by atoms with E-state index in [4.69, 9.17) is 4.74 Å². The molecule has 5 rings (SSSR count). The number of benzene rings is 1. The first-order chi connectivity index (χ1) is 14.7. The molecular formula is C22H23FN4O2S. The first-order valence-corrected chi connectivity index (χ1v) is 11.1. The van der Waals surface area contributed by atoms with E-state index in [0.29, 0.717) is 16.7 Å². The van der Waals surface area contributed by atoms with Crippen molar-refractivity contribution in [3.05, 3.63) is 53.6 Å². The van der Waals surface area contributed by atoms with E-state index < -0.39 is 5.82 Å². The summed E-state index contributed by atoms with van der Waals surface area (Å²) in [6, 6.07) is 6.17. The van der Waals surface area contributed by atoms with Crippen molar-refractivity contribution in [3.63, 3.8) is 0 Å². The Kier molecular flexibility index (Phi) is 5.35. The number of amides is 2. The van der Waals surface area contributed by atoms with E-state index in [9.17, 15) is 9.18 Å². The maximum Gasteiger partial charge on any atom is 0.319 e. The zero-order valence-corrected chi connectivity index (χ0v) is 17.2. The van der Waals surface area contributed by atoms with Gasteiger partial charge in [-0.25, -0.2) is 9.18 Å². The van der Waals surface area contributed by atoms with Crippen molar-refractivity contribution in [1.82, 2.24) is 15.6 Å². The number of rotatable bonds is 5.